The third-order valence-corrected chi connectivity index (χ3v) is 7.00. The van der Waals surface area contributed by atoms with E-state index in [2.05, 4.69) is 0 Å². The van der Waals surface area contributed by atoms with Gasteiger partial charge in [0.25, 0.3) is 10.0 Å². The average molecular weight is 436 g/mol. The standard InChI is InChI=1S/C24H21NO5S/c26-23(19-8-2-1-3-9-19)17-30-24(27)20-12-14-21(15-13-20)31(28,29)25-16-6-10-18-7-4-5-11-22(18)25/h1-5,7-9,11-15H,6,10,16-17H2. The Morgan fingerprint density at radius 3 is 2.26 bits per heavy atom. The Hall–Kier alpha value is -3.45. The van der Waals surface area contributed by atoms with Gasteiger partial charge in [0.2, 0.25) is 0 Å². The third kappa shape index (κ3) is 4.36. The first-order valence-corrected chi connectivity index (χ1v) is 11.4. The number of anilines is 1. The predicted octanol–water partition coefficient (Wildman–Crippen LogP) is 3.87. The number of rotatable bonds is 6. The molecule has 1 aliphatic rings. The molecule has 0 radical (unpaired) electrons. The highest BCUT2D eigenvalue weighted by molar-refractivity contribution is 7.92. The number of esters is 1. The van der Waals surface area contributed by atoms with Crippen LogP contribution in [0.1, 0.15) is 32.7 Å². The number of nitrogens with zero attached hydrogens (tertiary/aromatic N) is 1. The van der Waals surface area contributed by atoms with Crippen molar-refractivity contribution in [1.29, 1.82) is 0 Å². The fraction of sp³-hybridized carbons (Fsp3) is 0.167. The van der Waals surface area contributed by atoms with Crippen LogP contribution in [0.3, 0.4) is 0 Å². The quantitative estimate of drug-likeness (QED) is 0.434. The van der Waals surface area contributed by atoms with E-state index in [-0.39, 0.29) is 22.8 Å². The fourth-order valence-corrected chi connectivity index (χ4v) is 5.10. The van der Waals surface area contributed by atoms with Gasteiger partial charge >= 0.3 is 5.97 Å². The maximum absolute atomic E-state index is 13.2. The molecule has 4 rings (SSSR count). The highest BCUT2D eigenvalue weighted by Gasteiger charge is 2.29. The van der Waals surface area contributed by atoms with Crippen molar-refractivity contribution in [2.75, 3.05) is 17.5 Å². The molecule has 0 spiro atoms. The van der Waals surface area contributed by atoms with E-state index in [1.807, 2.05) is 24.3 Å². The molecule has 0 saturated heterocycles. The maximum Gasteiger partial charge on any atom is 0.338 e. The lowest BCUT2D eigenvalue weighted by Crippen LogP contribution is -2.35. The summed E-state index contributed by atoms with van der Waals surface area (Å²) in [5, 5.41) is 0. The van der Waals surface area contributed by atoms with Crippen molar-refractivity contribution < 1.29 is 22.7 Å². The van der Waals surface area contributed by atoms with Crippen LogP contribution in [0.5, 0.6) is 0 Å². The van der Waals surface area contributed by atoms with Gasteiger partial charge in [0.1, 0.15) is 0 Å². The van der Waals surface area contributed by atoms with Crippen molar-refractivity contribution >= 4 is 27.5 Å². The lowest BCUT2D eigenvalue weighted by molar-refractivity contribution is 0.0474. The summed E-state index contributed by atoms with van der Waals surface area (Å²) in [6, 6.07) is 21.6. The Morgan fingerprint density at radius 1 is 0.839 bits per heavy atom. The summed E-state index contributed by atoms with van der Waals surface area (Å²) in [6.07, 6.45) is 1.59. The molecule has 31 heavy (non-hydrogen) atoms. The number of sulfonamides is 1. The van der Waals surface area contributed by atoms with Gasteiger partial charge in [-0.2, -0.15) is 0 Å². The lowest BCUT2D eigenvalue weighted by atomic mass is 10.0. The monoisotopic (exact) mass is 435 g/mol. The number of ketones is 1. The topological polar surface area (TPSA) is 80.8 Å². The molecular formula is C24H21NO5S. The van der Waals surface area contributed by atoms with Gasteiger partial charge in [0.15, 0.2) is 12.4 Å². The van der Waals surface area contributed by atoms with E-state index in [0.717, 1.165) is 18.4 Å². The molecule has 1 heterocycles. The number of ether oxygens (including phenoxy) is 1. The minimum Gasteiger partial charge on any atom is -0.454 e. The summed E-state index contributed by atoms with van der Waals surface area (Å²) in [6.45, 7) is 0.0260. The Labute approximate surface area is 181 Å². The second-order valence-electron chi connectivity index (χ2n) is 7.20. The zero-order valence-electron chi connectivity index (χ0n) is 16.7. The Balaban J connectivity index is 1.47. The van der Waals surface area contributed by atoms with Crippen LogP contribution < -0.4 is 4.31 Å². The Kier molecular flexibility index (Phi) is 5.86. The number of carbonyl (C=O) groups excluding carboxylic acids is 2. The summed E-state index contributed by atoms with van der Waals surface area (Å²) in [7, 11) is -3.75. The van der Waals surface area contributed by atoms with Crippen molar-refractivity contribution in [2.45, 2.75) is 17.7 Å². The van der Waals surface area contributed by atoms with Crippen LogP contribution in [-0.4, -0.2) is 33.3 Å². The van der Waals surface area contributed by atoms with E-state index in [4.69, 9.17) is 4.74 Å². The van der Waals surface area contributed by atoms with E-state index in [1.165, 1.54) is 28.6 Å². The van der Waals surface area contributed by atoms with Crippen molar-refractivity contribution in [3.63, 3.8) is 0 Å². The third-order valence-electron chi connectivity index (χ3n) is 5.18. The summed E-state index contributed by atoms with van der Waals surface area (Å²) in [4.78, 5) is 24.5. The van der Waals surface area contributed by atoms with Gasteiger partial charge in [-0.1, -0.05) is 48.5 Å². The van der Waals surface area contributed by atoms with Gasteiger partial charge in [-0.3, -0.25) is 9.10 Å². The number of benzene rings is 3. The number of hydrogen-bond acceptors (Lipinski definition) is 5. The van der Waals surface area contributed by atoms with Crippen LogP contribution in [0, 0.1) is 0 Å². The lowest BCUT2D eigenvalue weighted by Gasteiger charge is -2.30. The normalized spacial score (nSPS) is 13.4. The first kappa shape index (κ1) is 20.8. The number of fused-ring (bicyclic) bond motifs is 1. The number of aryl methyl sites for hydroxylation is 1. The first-order valence-electron chi connectivity index (χ1n) is 9.93. The molecule has 0 aliphatic carbocycles. The molecule has 158 valence electrons. The van der Waals surface area contributed by atoms with Crippen molar-refractivity contribution in [2.24, 2.45) is 0 Å². The molecule has 0 saturated carbocycles. The van der Waals surface area contributed by atoms with E-state index in [9.17, 15) is 18.0 Å². The highest BCUT2D eigenvalue weighted by Crippen LogP contribution is 2.31. The molecule has 0 fully saturated rings. The predicted molar refractivity (Wildman–Crippen MR) is 117 cm³/mol. The van der Waals surface area contributed by atoms with Gasteiger partial charge in [-0.05, 0) is 48.7 Å². The van der Waals surface area contributed by atoms with Crippen LogP contribution in [0.25, 0.3) is 0 Å². The summed E-state index contributed by atoms with van der Waals surface area (Å²) < 4.78 is 32.8. The molecule has 3 aromatic carbocycles. The average Bonchev–Trinajstić information content (AvgIpc) is 2.82. The van der Waals surface area contributed by atoms with Crippen LogP contribution in [0.4, 0.5) is 5.69 Å². The number of hydrogen-bond donors (Lipinski definition) is 0. The second kappa shape index (κ2) is 8.73. The zero-order chi connectivity index (χ0) is 21.8. The molecule has 1 aliphatic heterocycles. The fourth-order valence-electron chi connectivity index (χ4n) is 3.56. The van der Waals surface area contributed by atoms with Crippen LogP contribution in [-0.2, 0) is 21.2 Å². The van der Waals surface area contributed by atoms with E-state index >= 15 is 0 Å². The molecule has 7 heteroatoms. The first-order chi connectivity index (χ1) is 15.0. The van der Waals surface area contributed by atoms with Gasteiger partial charge < -0.3 is 4.74 Å². The van der Waals surface area contributed by atoms with E-state index < -0.39 is 16.0 Å². The van der Waals surface area contributed by atoms with Gasteiger partial charge in [-0.15, -0.1) is 0 Å². The highest BCUT2D eigenvalue weighted by atomic mass is 32.2. The molecule has 3 aromatic rings. The van der Waals surface area contributed by atoms with Crippen LogP contribution in [0.2, 0.25) is 0 Å². The minimum absolute atomic E-state index is 0.0983. The molecule has 0 bridgehead atoms. The molecule has 0 atom stereocenters. The molecule has 0 N–H and O–H groups in total. The maximum atomic E-state index is 13.2. The van der Waals surface area contributed by atoms with Crippen LogP contribution >= 0.6 is 0 Å². The minimum atomic E-state index is -3.75. The number of para-hydroxylation sites is 1. The van der Waals surface area contributed by atoms with Crippen LogP contribution in [0.15, 0.2) is 83.8 Å². The second-order valence-corrected chi connectivity index (χ2v) is 9.06. The molecule has 0 unspecified atom stereocenters. The number of carbonyl (C=O) groups is 2. The van der Waals surface area contributed by atoms with E-state index in [1.54, 1.807) is 30.3 Å². The van der Waals surface area contributed by atoms with Crippen molar-refractivity contribution in [1.82, 2.24) is 0 Å². The zero-order valence-corrected chi connectivity index (χ0v) is 17.5. The van der Waals surface area contributed by atoms with Crippen molar-refractivity contribution in [3.05, 3.63) is 95.6 Å². The summed E-state index contributed by atoms with van der Waals surface area (Å²) in [5.41, 5.74) is 2.33. The Morgan fingerprint density at radius 2 is 1.52 bits per heavy atom. The van der Waals surface area contributed by atoms with E-state index in [0.29, 0.717) is 17.8 Å². The van der Waals surface area contributed by atoms with Gasteiger partial charge in [0, 0.05) is 12.1 Å². The summed E-state index contributed by atoms with van der Waals surface area (Å²) in [5.74, 6) is -0.992. The Bertz CT molecular complexity index is 1200. The SMILES string of the molecule is O=C(COC(=O)c1ccc(S(=O)(=O)N2CCCc3ccccc32)cc1)c1ccccc1. The molecule has 6 nitrogen and oxygen atoms in total. The molecule has 0 aromatic heterocycles. The largest absolute Gasteiger partial charge is 0.454 e. The number of Topliss-reactive ketones (excluding diaryl/α,β-unsaturated/α-hetero) is 1. The molecular weight excluding hydrogens is 414 g/mol. The van der Waals surface area contributed by atoms with Gasteiger partial charge in [0.05, 0.1) is 16.1 Å². The van der Waals surface area contributed by atoms with Gasteiger partial charge in [-0.25, -0.2) is 13.2 Å². The summed E-state index contributed by atoms with van der Waals surface area (Å²) >= 11 is 0. The smallest absolute Gasteiger partial charge is 0.338 e. The molecule has 0 amide bonds. The van der Waals surface area contributed by atoms with Crippen molar-refractivity contribution in [3.8, 4) is 0 Å².